The molecule has 3 nitrogen and oxygen atoms in total. The van der Waals surface area contributed by atoms with E-state index in [-0.39, 0.29) is 12.3 Å². The van der Waals surface area contributed by atoms with Crippen LogP contribution in [0, 0.1) is 130 Å². The number of para-hydroxylation sites is 1. The zero-order chi connectivity index (χ0) is 53.9. The topological polar surface area (TPSA) is 30.2 Å². The van der Waals surface area contributed by atoms with Crippen LogP contribution in [-0.4, -0.2) is 11.9 Å². The Labute approximate surface area is 396 Å². The third-order valence-corrected chi connectivity index (χ3v) is 11.8. The maximum Gasteiger partial charge on any atom is 0.374 e. The Balaban J connectivity index is 0.000000237. The lowest BCUT2D eigenvalue weighted by atomic mass is 9.12. The number of Topliss-reactive ketones (excluding diaryl/α,β-unsaturated/α-hetero) is 1. The van der Waals surface area contributed by atoms with E-state index in [0.717, 1.165) is 22.2 Å². The van der Waals surface area contributed by atoms with E-state index in [0.29, 0.717) is 11.4 Å². The summed E-state index contributed by atoms with van der Waals surface area (Å²) in [5, 5.41) is 1.07. The smallest absolute Gasteiger partial charge is 0.374 e. The van der Waals surface area contributed by atoms with Gasteiger partial charge in [-0.1, -0.05) is 54.6 Å². The summed E-state index contributed by atoms with van der Waals surface area (Å²) in [7, 11) is 0. The Bertz CT molecular complexity index is 3190. The van der Waals surface area contributed by atoms with E-state index >= 15 is 35.1 Å². The highest BCUT2D eigenvalue weighted by molar-refractivity contribution is 7.20. The van der Waals surface area contributed by atoms with E-state index in [1.54, 1.807) is 0 Å². The number of hydrogen-bond acceptors (Lipinski definition) is 2. The van der Waals surface area contributed by atoms with E-state index in [1.165, 1.54) is 5.56 Å². The van der Waals surface area contributed by atoms with Crippen molar-refractivity contribution in [3.63, 3.8) is 0 Å². The molecule has 1 heterocycles. The highest BCUT2D eigenvalue weighted by Crippen LogP contribution is 2.32. The molecule has 73 heavy (non-hydrogen) atoms. The first-order valence-corrected chi connectivity index (χ1v) is 20.3. The summed E-state index contributed by atoms with van der Waals surface area (Å²) in [4.78, 5) is 12.9. The van der Waals surface area contributed by atoms with Crippen LogP contribution in [0.1, 0.15) is 21.5 Å². The highest BCUT2D eigenvalue weighted by Gasteiger charge is 2.52. The molecule has 24 heteroatoms. The minimum absolute atomic E-state index is 0.0489. The number of carbonyl (C=O) groups is 1. The molecule has 0 atom stereocenters. The summed E-state index contributed by atoms with van der Waals surface area (Å²) in [6, 6.07) is 27.4. The van der Waals surface area contributed by atoms with Gasteiger partial charge in [0.05, 0.1) is 6.07 Å². The van der Waals surface area contributed by atoms with E-state index in [9.17, 15) is 57.5 Å². The third kappa shape index (κ3) is 8.54. The number of halogens is 20. The minimum Gasteiger partial charge on any atom is -0.405 e. The summed E-state index contributed by atoms with van der Waals surface area (Å²) >= 11 is 0. The van der Waals surface area contributed by atoms with Gasteiger partial charge in [-0.05, 0) is 43.2 Å². The first-order valence-electron chi connectivity index (χ1n) is 20.3. The SMILES string of the molecule is Cc1cccc(Oc2ccc3ccccc3[n+]2CC(=O)c2ccccc2)c1C.Fc1c(F)c(F)c([B-](c2c(F)c(F)c(F)c(F)c2F)(c2c(F)c(F)c(F)c(F)c2F)c2c(F)c(F)c(F)c(F)c2F)c(F)c1F. The van der Waals surface area contributed by atoms with Crippen LogP contribution in [0.15, 0.2) is 84.9 Å². The van der Waals surface area contributed by atoms with Gasteiger partial charge in [-0.25, -0.2) is 87.8 Å². The fourth-order valence-electron chi connectivity index (χ4n) is 8.18. The first-order chi connectivity index (χ1) is 34.3. The third-order valence-electron chi connectivity index (χ3n) is 11.8. The molecule has 0 spiro atoms. The Hall–Kier alpha value is -7.92. The second kappa shape index (κ2) is 19.9. The monoisotopic (exact) mass is 1050 g/mol. The fraction of sp³-hybridized carbons (Fsp3) is 0.0612. The number of pyridine rings is 1. The number of hydrogen-bond donors (Lipinski definition) is 0. The molecule has 0 aliphatic carbocycles. The van der Waals surface area contributed by atoms with Crippen molar-refractivity contribution in [2.24, 2.45) is 0 Å². The van der Waals surface area contributed by atoms with Gasteiger partial charge in [-0.3, -0.25) is 4.79 Å². The number of aryl methyl sites for hydroxylation is 1. The van der Waals surface area contributed by atoms with Crippen LogP contribution in [0.5, 0.6) is 11.6 Å². The number of fused-ring (bicyclic) bond motifs is 1. The second-order valence-electron chi connectivity index (χ2n) is 15.7. The Morgan fingerprint density at radius 3 is 1.12 bits per heavy atom. The second-order valence-corrected chi connectivity index (χ2v) is 15.7. The van der Waals surface area contributed by atoms with Crippen molar-refractivity contribution in [2.75, 3.05) is 0 Å². The van der Waals surface area contributed by atoms with Crippen LogP contribution in [0.25, 0.3) is 10.9 Å². The van der Waals surface area contributed by atoms with Crippen molar-refractivity contribution in [3.8, 4) is 11.6 Å². The molecule has 0 N–H and O–H groups in total. The van der Waals surface area contributed by atoms with E-state index in [1.807, 2.05) is 90.4 Å². The van der Waals surface area contributed by atoms with Gasteiger partial charge in [0.15, 0.2) is 69.8 Å². The summed E-state index contributed by atoms with van der Waals surface area (Å²) in [5.74, 6) is -69.9. The van der Waals surface area contributed by atoms with E-state index in [2.05, 4.69) is 13.0 Å². The maximum absolute atomic E-state index is 15.4. The molecular weight excluding hydrogens is 1030 g/mol. The normalized spacial score (nSPS) is 11.5. The molecule has 378 valence electrons. The van der Waals surface area contributed by atoms with Gasteiger partial charge in [0.1, 0.15) is 58.4 Å². The van der Waals surface area contributed by atoms with Crippen LogP contribution in [0.4, 0.5) is 87.8 Å². The predicted octanol–water partition coefficient (Wildman–Crippen LogP) is 11.3. The van der Waals surface area contributed by atoms with Crippen LogP contribution in [0.2, 0.25) is 0 Å². The first kappa shape index (κ1) is 52.9. The summed E-state index contributed by atoms with van der Waals surface area (Å²) in [5.41, 5.74) is -10.4. The molecule has 0 aliphatic rings. The molecular formula is C49H22BF20NO2. The Morgan fingerprint density at radius 2 is 0.740 bits per heavy atom. The number of nitrogens with zero attached hydrogens (tertiary/aromatic N) is 1. The highest BCUT2D eigenvalue weighted by atomic mass is 19.2. The molecule has 0 unspecified atom stereocenters. The van der Waals surface area contributed by atoms with Crippen LogP contribution in [0.3, 0.4) is 0 Å². The maximum atomic E-state index is 15.4. The van der Waals surface area contributed by atoms with E-state index < -0.39 is 144 Å². The molecule has 1 aromatic heterocycles. The van der Waals surface area contributed by atoms with E-state index in [4.69, 9.17) is 4.74 Å². The molecule has 7 aromatic carbocycles. The molecule has 0 fully saturated rings. The average Bonchev–Trinajstić information content (AvgIpc) is 3.38. The molecule has 0 bridgehead atoms. The quantitative estimate of drug-likeness (QED) is 0.0360. The number of ether oxygens (including phenoxy) is 1. The van der Waals surface area contributed by atoms with Gasteiger partial charge in [0.2, 0.25) is 17.8 Å². The number of ketones is 1. The molecule has 0 aliphatic heterocycles. The van der Waals surface area contributed by atoms with Gasteiger partial charge >= 0.3 is 5.88 Å². The van der Waals surface area contributed by atoms with Crippen molar-refractivity contribution >= 4 is 44.7 Å². The lowest BCUT2D eigenvalue weighted by Crippen LogP contribution is -2.81. The van der Waals surface area contributed by atoms with Crippen molar-refractivity contribution in [1.82, 2.24) is 0 Å². The average molecular weight is 1050 g/mol. The minimum atomic E-state index is -7.22. The van der Waals surface area contributed by atoms with Gasteiger partial charge < -0.3 is 4.74 Å². The molecule has 0 saturated heterocycles. The van der Waals surface area contributed by atoms with Gasteiger partial charge in [0.25, 0.3) is 0 Å². The molecule has 8 aromatic rings. The fourth-order valence-corrected chi connectivity index (χ4v) is 8.18. The summed E-state index contributed by atoms with van der Waals surface area (Å²) < 4.78 is 302. The molecule has 0 amide bonds. The van der Waals surface area contributed by atoms with Gasteiger partial charge in [-0.15, -0.1) is 21.9 Å². The summed E-state index contributed by atoms with van der Waals surface area (Å²) in [6.07, 6.45) is -7.22. The van der Waals surface area contributed by atoms with Crippen LogP contribution < -0.4 is 31.2 Å². The molecule has 0 radical (unpaired) electrons. The number of benzene rings is 7. The van der Waals surface area contributed by atoms with Crippen molar-refractivity contribution in [2.45, 2.75) is 20.4 Å². The van der Waals surface area contributed by atoms with Gasteiger partial charge in [-0.2, -0.15) is 4.57 Å². The van der Waals surface area contributed by atoms with Crippen molar-refractivity contribution < 1.29 is 102 Å². The van der Waals surface area contributed by atoms with Crippen molar-refractivity contribution in [1.29, 1.82) is 0 Å². The standard InChI is InChI=1S/C25H22NO2.C24BF20/c1-18-9-8-14-24(19(18)2)28-25-16-15-20-10-6-7-13-22(20)26(25)17-23(27)21-11-4-3-5-12-21;26-5-1(6(27)14(35)21(42)13(5)34)25(2-7(28)15(36)22(43)16(37)8(2)29,3-9(30)17(38)23(44)18(39)10(3)31)4-11(32)19(40)24(45)20(41)12(4)33/h3-16H,17H2,1-2H3;/q+1;-1. The van der Waals surface area contributed by atoms with Crippen LogP contribution in [-0.2, 0) is 6.54 Å². The van der Waals surface area contributed by atoms with Crippen LogP contribution >= 0.6 is 0 Å². The zero-order valence-corrected chi connectivity index (χ0v) is 36.2. The van der Waals surface area contributed by atoms with Gasteiger partial charge in [0, 0.05) is 17.0 Å². The molecule has 0 saturated carbocycles. The Kier molecular flexibility index (Phi) is 14.5. The largest absolute Gasteiger partial charge is 0.405 e. The molecule has 8 rings (SSSR count). The lowest BCUT2D eigenvalue weighted by Gasteiger charge is -2.44. The zero-order valence-electron chi connectivity index (χ0n) is 36.2. The number of aromatic nitrogens is 1. The van der Waals surface area contributed by atoms with Crippen molar-refractivity contribution in [3.05, 3.63) is 218 Å². The lowest BCUT2D eigenvalue weighted by molar-refractivity contribution is -0.661. The summed E-state index contributed by atoms with van der Waals surface area (Å²) in [6.45, 7) is 4.33. The number of rotatable bonds is 9. The Morgan fingerprint density at radius 1 is 0.397 bits per heavy atom. The number of carbonyl (C=O) groups excluding carboxylic acids is 1. The predicted molar refractivity (Wildman–Crippen MR) is 220 cm³/mol.